The van der Waals surface area contributed by atoms with Crippen molar-refractivity contribution in [3.63, 3.8) is 0 Å². The normalized spacial score (nSPS) is 30.9. The maximum Gasteiger partial charge on any atom is 0.340 e. The number of esters is 2. The van der Waals surface area contributed by atoms with Crippen molar-refractivity contribution >= 4 is 52.7 Å². The van der Waals surface area contributed by atoms with Gasteiger partial charge < -0.3 is 116 Å². The number of hydrogen-bond acceptors (Lipinski definition) is 25. The summed E-state index contributed by atoms with van der Waals surface area (Å²) in [5.41, 5.74) is 1.05. The van der Waals surface area contributed by atoms with Crippen LogP contribution in [0.2, 0.25) is 0 Å². The van der Waals surface area contributed by atoms with Gasteiger partial charge >= 0.3 is 17.9 Å². The highest BCUT2D eigenvalue weighted by Gasteiger charge is 2.55. The third kappa shape index (κ3) is 24.6. The Bertz CT molecular complexity index is 3900. The largest absolute Gasteiger partial charge is 0.508 e. The Kier molecular flexibility index (Phi) is 33.5. The van der Waals surface area contributed by atoms with Crippen molar-refractivity contribution < 1.29 is 119 Å². The molecule has 6 heterocycles. The van der Waals surface area contributed by atoms with Crippen LogP contribution in [-0.2, 0) is 48.5 Å². The van der Waals surface area contributed by atoms with Crippen molar-refractivity contribution in [3.05, 3.63) is 162 Å². The third-order valence-corrected chi connectivity index (χ3v) is 22.1. The first kappa shape index (κ1) is 89.6. The molecule has 0 aromatic heterocycles. The number of aliphatic carboxylic acids is 1. The summed E-state index contributed by atoms with van der Waals surface area (Å²) in [6.07, 6.45) is 7.25. The summed E-state index contributed by atoms with van der Waals surface area (Å²) in [5, 5.41) is 153. The fraction of sp³-hybridized carbons (Fsp3) is 0.548. The van der Waals surface area contributed by atoms with Crippen LogP contribution in [0.1, 0.15) is 157 Å². The molecule has 3 saturated heterocycles. The van der Waals surface area contributed by atoms with E-state index in [0.29, 0.717) is 91.3 Å². The second-order valence-corrected chi connectivity index (χ2v) is 31.0. The third-order valence-electron chi connectivity index (χ3n) is 21.8. The van der Waals surface area contributed by atoms with Crippen molar-refractivity contribution in [1.29, 1.82) is 0 Å². The quantitative estimate of drug-likeness (QED) is 0.0412. The molecule has 16 N–H and O–H groups in total. The predicted molar refractivity (Wildman–Crippen MR) is 423 cm³/mol. The van der Waals surface area contributed by atoms with Crippen LogP contribution in [0, 0.1) is 17.8 Å². The minimum absolute atomic E-state index is 0.0450. The molecule has 114 heavy (non-hydrogen) atoms. The lowest BCUT2D eigenvalue weighted by molar-refractivity contribution is -0.312. The number of thiocarbonyl (C=S) groups is 1. The van der Waals surface area contributed by atoms with Gasteiger partial charge in [-0.3, -0.25) is 24.1 Å². The summed E-state index contributed by atoms with van der Waals surface area (Å²) < 4.78 is 36.4. The summed E-state index contributed by atoms with van der Waals surface area (Å²) in [7, 11) is 0. The number of hydrogen-bond donors (Lipinski definition) is 16. The summed E-state index contributed by atoms with van der Waals surface area (Å²) in [6, 6.07) is 13.4. The summed E-state index contributed by atoms with van der Waals surface area (Å²) in [6.45, 7) is 8.93. The number of carbonyl (C=O) groups excluding carboxylic acids is 4. The number of aromatic hydroxyl groups is 2. The highest BCUT2D eigenvalue weighted by Crippen LogP contribution is 2.57. The van der Waals surface area contributed by atoms with E-state index in [-0.39, 0.29) is 85.9 Å². The van der Waals surface area contributed by atoms with E-state index < -0.39 is 158 Å². The molecule has 6 aliphatic rings. The van der Waals surface area contributed by atoms with Crippen molar-refractivity contribution in [1.82, 2.24) is 20.4 Å². The zero-order valence-electron chi connectivity index (χ0n) is 64.8. The van der Waals surface area contributed by atoms with Crippen LogP contribution in [0.3, 0.4) is 0 Å². The molecule has 0 unspecified atom stereocenters. The van der Waals surface area contributed by atoms with Gasteiger partial charge in [0.25, 0.3) is 0 Å². The Hall–Kier alpha value is -8.28. The van der Waals surface area contributed by atoms with Crippen LogP contribution in [0.15, 0.2) is 140 Å². The number of ether oxygens (including phenoxy) is 6. The zero-order valence-corrected chi connectivity index (χ0v) is 65.7. The maximum absolute atomic E-state index is 13.6. The van der Waals surface area contributed by atoms with Crippen molar-refractivity contribution in [2.45, 2.75) is 233 Å². The van der Waals surface area contributed by atoms with Crippen LogP contribution in [0.5, 0.6) is 23.0 Å². The number of phenols is 2. The van der Waals surface area contributed by atoms with Crippen LogP contribution < -0.4 is 20.7 Å². The Labute approximate surface area is 669 Å². The van der Waals surface area contributed by atoms with Crippen LogP contribution in [0.4, 0.5) is 5.69 Å². The Morgan fingerprint density at radius 3 is 1.83 bits per heavy atom. The van der Waals surface area contributed by atoms with Gasteiger partial charge in [-0.15, -0.1) is 0 Å². The molecular weight excluding hydrogens is 1500 g/mol. The average Bonchev–Trinajstić information content (AvgIpc) is 1.50. The van der Waals surface area contributed by atoms with Crippen molar-refractivity contribution in [2.24, 2.45) is 17.8 Å². The Morgan fingerprint density at radius 1 is 0.605 bits per heavy atom. The van der Waals surface area contributed by atoms with Gasteiger partial charge in [0, 0.05) is 124 Å². The van der Waals surface area contributed by atoms with Gasteiger partial charge in [-0.1, -0.05) is 118 Å². The number of nitrogens with zero attached hydrogens (tertiary/aromatic N) is 2. The molecule has 624 valence electrons. The number of piperazine rings is 1. The monoisotopic (exact) mass is 1610 g/mol. The van der Waals surface area contributed by atoms with Gasteiger partial charge in [0.2, 0.25) is 11.8 Å². The van der Waals surface area contributed by atoms with E-state index in [4.69, 9.17) is 40.6 Å². The number of amides is 2. The molecule has 30 heteroatoms. The maximum atomic E-state index is 13.6. The van der Waals surface area contributed by atoms with Gasteiger partial charge in [-0.25, -0.2) is 4.79 Å². The minimum Gasteiger partial charge on any atom is -0.508 e. The Morgan fingerprint density at radius 2 is 1.20 bits per heavy atom. The first-order chi connectivity index (χ1) is 54.4. The molecule has 29 nitrogen and oxygen atoms in total. The molecule has 19 atom stereocenters. The second-order valence-electron chi connectivity index (χ2n) is 30.5. The topological polar surface area (TPSA) is 446 Å². The van der Waals surface area contributed by atoms with Crippen LogP contribution in [0.25, 0.3) is 0 Å². The average molecular weight is 1610 g/mol. The van der Waals surface area contributed by atoms with E-state index in [1.165, 1.54) is 24.3 Å². The van der Waals surface area contributed by atoms with Gasteiger partial charge in [-0.05, 0) is 107 Å². The second kappa shape index (κ2) is 42.5. The molecule has 1 spiro atoms. The lowest BCUT2D eigenvalue weighted by atomic mass is 9.77. The molecule has 9 rings (SSSR count). The summed E-state index contributed by atoms with van der Waals surface area (Å²) >= 11 is 5.57. The number of rotatable bonds is 17. The molecule has 0 saturated carbocycles. The summed E-state index contributed by atoms with van der Waals surface area (Å²) in [5.74, 6) is -7.32. The minimum atomic E-state index is -2.40. The first-order valence-corrected chi connectivity index (χ1v) is 39.8. The van der Waals surface area contributed by atoms with E-state index in [1.807, 2.05) is 17.9 Å². The lowest BCUT2D eigenvalue weighted by Crippen LogP contribution is -2.66. The summed E-state index contributed by atoms with van der Waals surface area (Å²) in [4.78, 5) is 69.2. The molecule has 0 radical (unpaired) electrons. The number of carboxylic acid groups (broad SMARTS) is 1. The number of aliphatic hydroxyl groups is 10. The number of anilines is 1. The van der Waals surface area contributed by atoms with Gasteiger partial charge in [0.05, 0.1) is 85.2 Å². The smallest absolute Gasteiger partial charge is 0.340 e. The van der Waals surface area contributed by atoms with E-state index in [2.05, 4.69) is 16.0 Å². The number of fused-ring (bicyclic) bond motifs is 8. The van der Waals surface area contributed by atoms with Gasteiger partial charge in [-0.2, -0.15) is 0 Å². The number of cyclic esters (lactones) is 1. The molecule has 3 aromatic rings. The number of aliphatic hydroxyl groups excluding tert-OH is 9. The van der Waals surface area contributed by atoms with Gasteiger partial charge in [0.1, 0.15) is 41.1 Å². The molecule has 3 fully saturated rings. The number of carboxylic acids is 1. The van der Waals surface area contributed by atoms with E-state index in [0.717, 1.165) is 12.8 Å². The van der Waals surface area contributed by atoms with E-state index in [9.17, 15) is 90.4 Å². The number of unbranched alkanes of at least 4 members (excludes halogenated alkanes) is 4. The molecule has 2 bridgehead atoms. The van der Waals surface area contributed by atoms with Gasteiger partial charge in [0.15, 0.2) is 22.8 Å². The van der Waals surface area contributed by atoms with Crippen molar-refractivity contribution in [3.8, 4) is 23.0 Å². The fourth-order valence-electron chi connectivity index (χ4n) is 15.4. The van der Waals surface area contributed by atoms with Crippen LogP contribution >= 0.6 is 12.2 Å². The molecular formula is C84H113N5O24S. The number of benzene rings is 3. The highest BCUT2D eigenvalue weighted by molar-refractivity contribution is 7.80. The number of allylic oxidation sites excluding steroid dienone is 12. The molecule has 3 aromatic carbocycles. The number of phenolic OH excluding ortho intramolecular Hbond substituents is 2. The standard InChI is InChI=1S/C84H113N5O24S/c1-50-23-17-13-11-9-7-5-6-8-10-12-14-18-24-60(47-70-74(79(104)105)67(97)49-83(107,112-70)48-59(94)43-66(96)65(95)34-30-55(90)42-58(93)46-73(100)108-52(3)51(2)76(50)101)110-81-78(103)75(77(102)53(4)109-81)89-39-37-88(38-40-89)72(99)26-20-16-21-35-85-71(98)25-19-15-22-36-86-82(114)87-54-27-31-62-61(41-54)80(106)113-84(62)63-32-28-56(91)44-68(63)111-69-45-57(92)29-33-64(69)84/h5-14,17-18,23-24,27-29,31-33,41,44-45,50-53,55,58-60,65-67,70,74-78,81,90-97,101-103,107H,15-16,19-22,25-26,30,34-40,42-43,46-49H2,1-4H3,(H,85,98)(H,104,105)(H2,86,87,114)/t50-,51-,52-,53+,55+,58+,59-,60-,65+,66+,67-,70-,74+,75-,76+,77+,78-,81-,83+/m0/s1. The number of carbonyl (C=O) groups is 5. The van der Waals surface area contributed by atoms with E-state index in [1.54, 1.807) is 135 Å². The highest BCUT2D eigenvalue weighted by atomic mass is 32.1. The van der Waals surface area contributed by atoms with Crippen LogP contribution in [-0.4, -0.2) is 248 Å². The van der Waals surface area contributed by atoms with Crippen molar-refractivity contribution in [2.75, 3.05) is 44.6 Å². The number of nitrogens with one attached hydrogen (secondary N) is 3. The lowest BCUT2D eigenvalue weighted by Gasteiger charge is -2.49. The fourth-order valence-corrected chi connectivity index (χ4v) is 15.6. The molecule has 0 aliphatic carbocycles. The Balaban J connectivity index is 0.725. The molecule has 2 amide bonds. The predicted octanol–water partition coefficient (Wildman–Crippen LogP) is 6.10. The SMILES string of the molecule is C[C@@H]1[C@H](O)[C@@H](C)C=CC=CC=CC=CC=CC=CC=C[C@H](O[C@@H]2O[C@H](C)[C@@H](O)[C@H](N3CCN(C(=O)CCCCCNC(=O)CCCCCNC(=S)Nc4ccc5c(c4)C(=O)OC54c5ccc(O)cc5Oc5cc(O)ccc54)CC3)[C@@H]2O)C[C@@H]2O[C@](O)(C[C@@H](O)C[C@@H](O)[C@H](O)CC[C@@H](O)C[C@@H](O)CC(=O)O[C@H]1C)C[C@H](O)[C@H]2C(=O)O. The zero-order chi connectivity index (χ0) is 82.4. The first-order valence-electron chi connectivity index (χ1n) is 39.4. The van der Waals surface area contributed by atoms with E-state index >= 15 is 0 Å². The molecule has 6 aliphatic heterocycles.